The third-order valence-corrected chi connectivity index (χ3v) is 6.95. The van der Waals surface area contributed by atoms with Crippen molar-refractivity contribution in [3.05, 3.63) is 29.8 Å². The summed E-state index contributed by atoms with van der Waals surface area (Å²) in [6.45, 7) is 8.66. The van der Waals surface area contributed by atoms with Crippen molar-refractivity contribution in [1.82, 2.24) is 9.80 Å². The average molecular weight is 460 g/mol. The Labute approximate surface area is 195 Å². The molecule has 1 aromatic carbocycles. The molecule has 6 heteroatoms. The maximum Gasteiger partial charge on any atom is 0.119 e. The van der Waals surface area contributed by atoms with Crippen molar-refractivity contribution >= 4 is 24.8 Å². The van der Waals surface area contributed by atoms with E-state index in [2.05, 4.69) is 34.1 Å². The zero-order valence-electron chi connectivity index (χ0n) is 18.3. The summed E-state index contributed by atoms with van der Waals surface area (Å²) in [6.07, 6.45) is 10.6. The molecule has 1 aliphatic carbocycles. The number of rotatable bonds is 7. The molecule has 0 N–H and O–H groups in total. The van der Waals surface area contributed by atoms with Gasteiger partial charge in [-0.1, -0.05) is 18.6 Å². The lowest BCUT2D eigenvalue weighted by Gasteiger charge is -2.38. The van der Waals surface area contributed by atoms with Gasteiger partial charge in [0.15, 0.2) is 0 Å². The van der Waals surface area contributed by atoms with Gasteiger partial charge in [-0.25, -0.2) is 0 Å². The lowest BCUT2D eigenvalue weighted by Crippen LogP contribution is -2.44. The summed E-state index contributed by atoms with van der Waals surface area (Å²) in [5.41, 5.74) is 1.50. The summed E-state index contributed by atoms with van der Waals surface area (Å²) in [6, 6.07) is 9.76. The molecule has 30 heavy (non-hydrogen) atoms. The predicted octanol–water partition coefficient (Wildman–Crippen LogP) is 5.14. The second-order valence-electron chi connectivity index (χ2n) is 8.83. The standard InChI is InChI=1S/C24H38N2O2.2ClH/c1-2-13-25(14-3-1)15-4-18-28-24-11-7-22(8-12-24)21-5-9-23(10-6-21)26-16-19-27-20-17-26;;/h7-8,11-12,21,23H,1-6,9-10,13-20H2;2*1H/t21-,23-;;. The first-order valence-corrected chi connectivity index (χ1v) is 11.7. The van der Waals surface area contributed by atoms with Crippen LogP contribution in [-0.2, 0) is 4.74 Å². The van der Waals surface area contributed by atoms with Crippen molar-refractivity contribution < 1.29 is 9.47 Å². The molecule has 0 aromatic heterocycles. The van der Waals surface area contributed by atoms with Crippen LogP contribution in [0.15, 0.2) is 24.3 Å². The highest BCUT2D eigenvalue weighted by molar-refractivity contribution is 5.85. The van der Waals surface area contributed by atoms with Gasteiger partial charge in [-0.3, -0.25) is 4.90 Å². The molecular weight excluding hydrogens is 419 g/mol. The molecule has 3 fully saturated rings. The molecule has 2 heterocycles. The topological polar surface area (TPSA) is 24.9 Å². The molecular formula is C24H40Cl2N2O2. The number of piperidine rings is 1. The fourth-order valence-electron chi connectivity index (χ4n) is 5.21. The van der Waals surface area contributed by atoms with Crippen molar-refractivity contribution in [2.45, 2.75) is 63.3 Å². The van der Waals surface area contributed by atoms with Crippen LogP contribution in [-0.4, -0.2) is 68.4 Å². The molecule has 0 radical (unpaired) electrons. The molecule has 4 rings (SSSR count). The van der Waals surface area contributed by atoms with E-state index in [1.807, 2.05) is 0 Å². The number of morpholine rings is 1. The Kier molecular flexibility index (Phi) is 11.8. The van der Waals surface area contributed by atoms with Crippen molar-refractivity contribution in [1.29, 1.82) is 0 Å². The van der Waals surface area contributed by atoms with E-state index in [9.17, 15) is 0 Å². The highest BCUT2D eigenvalue weighted by Gasteiger charge is 2.27. The number of nitrogens with zero attached hydrogens (tertiary/aromatic N) is 2. The quantitative estimate of drug-likeness (QED) is 0.527. The van der Waals surface area contributed by atoms with Crippen LogP contribution in [0.2, 0.25) is 0 Å². The monoisotopic (exact) mass is 458 g/mol. The van der Waals surface area contributed by atoms with Crippen molar-refractivity contribution in [2.24, 2.45) is 0 Å². The first-order chi connectivity index (χ1) is 13.9. The molecule has 0 bridgehead atoms. The van der Waals surface area contributed by atoms with Gasteiger partial charge in [0.25, 0.3) is 0 Å². The smallest absolute Gasteiger partial charge is 0.119 e. The molecule has 2 aliphatic heterocycles. The SMILES string of the molecule is Cl.Cl.c1cc([C@H]2CC[C@H](N3CCOCC3)CC2)ccc1OCCCN1CCCCC1. The van der Waals surface area contributed by atoms with E-state index in [1.165, 1.54) is 70.1 Å². The Morgan fingerprint density at radius 2 is 1.50 bits per heavy atom. The molecule has 0 amide bonds. The highest BCUT2D eigenvalue weighted by Crippen LogP contribution is 2.35. The highest BCUT2D eigenvalue weighted by atomic mass is 35.5. The van der Waals surface area contributed by atoms with E-state index in [1.54, 1.807) is 0 Å². The molecule has 4 nitrogen and oxygen atoms in total. The van der Waals surface area contributed by atoms with Crippen LogP contribution in [0, 0.1) is 0 Å². The zero-order chi connectivity index (χ0) is 19.0. The van der Waals surface area contributed by atoms with Crippen LogP contribution in [0.1, 0.15) is 62.8 Å². The molecule has 3 aliphatic rings. The van der Waals surface area contributed by atoms with Gasteiger partial charge in [-0.15, -0.1) is 24.8 Å². The number of likely N-dealkylation sites (tertiary alicyclic amines) is 1. The fourth-order valence-corrected chi connectivity index (χ4v) is 5.21. The van der Waals surface area contributed by atoms with Gasteiger partial charge >= 0.3 is 0 Å². The molecule has 1 saturated carbocycles. The lowest BCUT2D eigenvalue weighted by molar-refractivity contribution is 0.00729. The zero-order valence-corrected chi connectivity index (χ0v) is 19.9. The van der Waals surface area contributed by atoms with E-state index in [-0.39, 0.29) is 24.8 Å². The Morgan fingerprint density at radius 3 is 2.17 bits per heavy atom. The van der Waals surface area contributed by atoms with E-state index in [0.717, 1.165) is 57.0 Å². The van der Waals surface area contributed by atoms with Crippen molar-refractivity contribution in [3.63, 3.8) is 0 Å². The second kappa shape index (κ2) is 13.8. The minimum absolute atomic E-state index is 0. The van der Waals surface area contributed by atoms with Crippen LogP contribution in [0.3, 0.4) is 0 Å². The number of halogens is 2. The van der Waals surface area contributed by atoms with Gasteiger partial charge in [0, 0.05) is 25.7 Å². The second-order valence-corrected chi connectivity index (χ2v) is 8.83. The Bertz CT molecular complexity index is 567. The molecule has 0 atom stereocenters. The van der Waals surface area contributed by atoms with Crippen LogP contribution >= 0.6 is 24.8 Å². The van der Waals surface area contributed by atoms with Crippen LogP contribution < -0.4 is 4.74 Å². The van der Waals surface area contributed by atoms with E-state index in [0.29, 0.717) is 0 Å². The molecule has 172 valence electrons. The summed E-state index contributed by atoms with van der Waals surface area (Å²) < 4.78 is 11.5. The van der Waals surface area contributed by atoms with Crippen LogP contribution in [0.4, 0.5) is 0 Å². The molecule has 1 aromatic rings. The number of hydrogen-bond donors (Lipinski definition) is 0. The van der Waals surface area contributed by atoms with Crippen molar-refractivity contribution in [2.75, 3.05) is 52.5 Å². The van der Waals surface area contributed by atoms with Gasteiger partial charge in [-0.2, -0.15) is 0 Å². The lowest BCUT2D eigenvalue weighted by atomic mass is 9.81. The molecule has 0 spiro atoms. The summed E-state index contributed by atoms with van der Waals surface area (Å²) >= 11 is 0. The molecule has 0 unspecified atom stereocenters. The third kappa shape index (κ3) is 7.56. The third-order valence-electron chi connectivity index (χ3n) is 6.95. The molecule has 2 saturated heterocycles. The predicted molar refractivity (Wildman–Crippen MR) is 129 cm³/mol. The average Bonchev–Trinajstić information content (AvgIpc) is 2.79. The minimum Gasteiger partial charge on any atom is -0.494 e. The van der Waals surface area contributed by atoms with Gasteiger partial charge in [-0.05, 0) is 81.6 Å². The van der Waals surface area contributed by atoms with Crippen molar-refractivity contribution in [3.8, 4) is 5.75 Å². The minimum atomic E-state index is 0. The summed E-state index contributed by atoms with van der Waals surface area (Å²) in [5, 5.41) is 0. The van der Waals surface area contributed by atoms with Gasteiger partial charge < -0.3 is 14.4 Å². The Hall–Kier alpha value is -0.520. The maximum atomic E-state index is 5.99. The summed E-state index contributed by atoms with van der Waals surface area (Å²) in [5.74, 6) is 1.76. The van der Waals surface area contributed by atoms with E-state index >= 15 is 0 Å². The number of ether oxygens (including phenoxy) is 2. The van der Waals surface area contributed by atoms with Gasteiger partial charge in [0.2, 0.25) is 0 Å². The first-order valence-electron chi connectivity index (χ1n) is 11.7. The van der Waals surface area contributed by atoms with Gasteiger partial charge in [0.1, 0.15) is 5.75 Å². The Balaban J connectivity index is 0.00000160. The first kappa shape index (κ1) is 25.7. The van der Waals surface area contributed by atoms with Crippen LogP contribution in [0.5, 0.6) is 5.75 Å². The summed E-state index contributed by atoms with van der Waals surface area (Å²) in [4.78, 5) is 5.24. The number of hydrogen-bond acceptors (Lipinski definition) is 4. The van der Waals surface area contributed by atoms with Gasteiger partial charge in [0.05, 0.1) is 19.8 Å². The van der Waals surface area contributed by atoms with E-state index < -0.39 is 0 Å². The fraction of sp³-hybridized carbons (Fsp3) is 0.750. The normalized spacial score (nSPS) is 25.7. The largest absolute Gasteiger partial charge is 0.494 e. The Morgan fingerprint density at radius 1 is 0.833 bits per heavy atom. The maximum absolute atomic E-state index is 5.99. The number of benzene rings is 1. The van der Waals surface area contributed by atoms with Crippen LogP contribution in [0.25, 0.3) is 0 Å². The summed E-state index contributed by atoms with van der Waals surface area (Å²) in [7, 11) is 0. The van der Waals surface area contributed by atoms with E-state index in [4.69, 9.17) is 9.47 Å².